The van der Waals surface area contributed by atoms with Crippen LogP contribution in [0.2, 0.25) is 0 Å². The first-order chi connectivity index (χ1) is 7.99. The molecule has 1 unspecified atom stereocenters. The second kappa shape index (κ2) is 4.14. The molecule has 94 valence electrons. The van der Waals surface area contributed by atoms with Gasteiger partial charge in [-0.15, -0.1) is 0 Å². The first-order valence-electron chi connectivity index (χ1n) is 5.50. The molecule has 1 aliphatic heterocycles. The van der Waals surface area contributed by atoms with Crippen molar-refractivity contribution in [2.24, 2.45) is 0 Å². The Morgan fingerprint density at radius 3 is 2.65 bits per heavy atom. The fourth-order valence-corrected chi connectivity index (χ4v) is 2.27. The van der Waals surface area contributed by atoms with Crippen molar-refractivity contribution in [1.82, 2.24) is 5.32 Å². The molecule has 0 spiro atoms. The molecule has 0 bridgehead atoms. The van der Waals surface area contributed by atoms with Gasteiger partial charge in [-0.2, -0.15) is 4.39 Å². The number of hydrogen-bond acceptors (Lipinski definition) is 3. The smallest absolute Gasteiger partial charge is 0.209 e. The lowest BCUT2D eigenvalue weighted by molar-refractivity contribution is 0.333. The van der Waals surface area contributed by atoms with E-state index in [9.17, 15) is 13.9 Å². The third kappa shape index (κ3) is 1.84. The first-order valence-corrected chi connectivity index (χ1v) is 5.50. The Balaban J connectivity index is 2.57. The highest BCUT2D eigenvalue weighted by Gasteiger charge is 2.35. The number of nitrogens with one attached hydrogen (secondary N) is 1. The number of aromatic hydroxyl groups is 1. The Hall–Kier alpha value is -1.36. The maximum Gasteiger partial charge on any atom is 0.209 e. The van der Waals surface area contributed by atoms with E-state index in [-0.39, 0.29) is 11.3 Å². The third-order valence-corrected chi connectivity index (χ3v) is 3.33. The first kappa shape index (κ1) is 12.1. The minimum atomic E-state index is -1.06. The van der Waals surface area contributed by atoms with Crippen molar-refractivity contribution in [2.45, 2.75) is 25.3 Å². The predicted molar refractivity (Wildman–Crippen MR) is 59.2 cm³/mol. The van der Waals surface area contributed by atoms with Gasteiger partial charge < -0.3 is 15.2 Å². The highest BCUT2D eigenvalue weighted by atomic mass is 19.1. The van der Waals surface area contributed by atoms with Crippen molar-refractivity contribution < 1.29 is 18.6 Å². The van der Waals surface area contributed by atoms with E-state index in [0.29, 0.717) is 0 Å². The Morgan fingerprint density at radius 1 is 1.41 bits per heavy atom. The number of benzene rings is 1. The van der Waals surface area contributed by atoms with Crippen LogP contribution in [0.4, 0.5) is 8.78 Å². The van der Waals surface area contributed by atoms with E-state index in [2.05, 4.69) is 5.32 Å². The van der Waals surface area contributed by atoms with Gasteiger partial charge in [0.2, 0.25) is 5.82 Å². The van der Waals surface area contributed by atoms with E-state index in [1.54, 1.807) is 0 Å². The molecule has 1 aromatic carbocycles. The molecule has 1 aliphatic rings. The van der Waals surface area contributed by atoms with E-state index < -0.39 is 22.9 Å². The Bertz CT molecular complexity index is 443. The fourth-order valence-electron chi connectivity index (χ4n) is 2.27. The third-order valence-electron chi connectivity index (χ3n) is 3.33. The van der Waals surface area contributed by atoms with E-state index >= 15 is 0 Å². The van der Waals surface area contributed by atoms with Gasteiger partial charge in [0, 0.05) is 11.1 Å². The van der Waals surface area contributed by atoms with Crippen LogP contribution in [0, 0.1) is 11.6 Å². The monoisotopic (exact) mass is 243 g/mol. The van der Waals surface area contributed by atoms with Crippen molar-refractivity contribution in [3.63, 3.8) is 0 Å². The Labute approximate surface area is 98.4 Å². The van der Waals surface area contributed by atoms with Gasteiger partial charge in [0.1, 0.15) is 0 Å². The summed E-state index contributed by atoms with van der Waals surface area (Å²) < 4.78 is 32.1. The number of phenols is 1. The molecule has 1 fully saturated rings. The molecule has 0 aromatic heterocycles. The number of methoxy groups -OCH3 is 1. The molecule has 0 amide bonds. The predicted octanol–water partition coefficient (Wildman–Crippen LogP) is 2.28. The van der Waals surface area contributed by atoms with Crippen LogP contribution in [0.15, 0.2) is 6.07 Å². The van der Waals surface area contributed by atoms with Crippen molar-refractivity contribution in [3.8, 4) is 11.5 Å². The highest BCUT2D eigenvalue weighted by molar-refractivity contribution is 5.44. The van der Waals surface area contributed by atoms with E-state index in [4.69, 9.17) is 4.74 Å². The largest absolute Gasteiger partial charge is 0.503 e. The molecular formula is C12H15F2NO2. The lowest BCUT2D eigenvalue weighted by Gasteiger charge is -2.26. The summed E-state index contributed by atoms with van der Waals surface area (Å²) in [7, 11) is 1.28. The van der Waals surface area contributed by atoms with Crippen molar-refractivity contribution in [1.29, 1.82) is 0 Å². The molecule has 3 nitrogen and oxygen atoms in total. The normalized spacial score (nSPS) is 24.0. The summed E-state index contributed by atoms with van der Waals surface area (Å²) in [5.41, 5.74) is -0.339. The molecular weight excluding hydrogens is 228 g/mol. The molecule has 1 saturated heterocycles. The summed E-state index contributed by atoms with van der Waals surface area (Å²) >= 11 is 0. The van der Waals surface area contributed by atoms with Crippen molar-refractivity contribution in [3.05, 3.63) is 23.3 Å². The zero-order chi connectivity index (χ0) is 12.6. The molecule has 0 radical (unpaired) electrons. The minimum absolute atomic E-state index is 0.145. The summed E-state index contributed by atoms with van der Waals surface area (Å²) in [4.78, 5) is 0. The van der Waals surface area contributed by atoms with Crippen LogP contribution in [0.5, 0.6) is 11.5 Å². The zero-order valence-corrected chi connectivity index (χ0v) is 9.81. The van der Waals surface area contributed by atoms with E-state index in [1.165, 1.54) is 13.2 Å². The van der Waals surface area contributed by atoms with Gasteiger partial charge in [0.15, 0.2) is 17.3 Å². The molecule has 1 aromatic rings. The number of hydrogen-bond donors (Lipinski definition) is 2. The molecule has 2 N–H and O–H groups in total. The standard InChI is InChI=1S/C12H15F2NO2/c1-12(4-3-5-15-12)7-6-8(17-2)10(14)11(16)9(7)13/h6,15-16H,3-5H2,1-2H3. The fraction of sp³-hybridized carbons (Fsp3) is 0.500. The molecule has 0 aliphatic carbocycles. The summed E-state index contributed by atoms with van der Waals surface area (Å²) in [6.07, 6.45) is 1.65. The summed E-state index contributed by atoms with van der Waals surface area (Å²) in [5.74, 6) is -3.10. The van der Waals surface area contributed by atoms with Crippen LogP contribution in [0.1, 0.15) is 25.3 Å². The van der Waals surface area contributed by atoms with Gasteiger partial charge in [-0.1, -0.05) is 0 Å². The van der Waals surface area contributed by atoms with Gasteiger partial charge in [-0.25, -0.2) is 4.39 Å². The number of halogens is 2. The molecule has 17 heavy (non-hydrogen) atoms. The van der Waals surface area contributed by atoms with E-state index in [0.717, 1.165) is 19.4 Å². The second-order valence-electron chi connectivity index (χ2n) is 4.47. The second-order valence-corrected chi connectivity index (χ2v) is 4.47. The van der Waals surface area contributed by atoms with Crippen molar-refractivity contribution in [2.75, 3.05) is 13.7 Å². The van der Waals surface area contributed by atoms with E-state index in [1.807, 2.05) is 6.92 Å². The zero-order valence-electron chi connectivity index (χ0n) is 9.81. The topological polar surface area (TPSA) is 41.5 Å². The summed E-state index contributed by atoms with van der Waals surface area (Å²) in [5, 5.41) is 12.6. The average molecular weight is 243 g/mol. The number of ether oxygens (including phenoxy) is 1. The lowest BCUT2D eigenvalue weighted by Crippen LogP contribution is -2.34. The lowest BCUT2D eigenvalue weighted by atomic mass is 9.89. The molecule has 1 atom stereocenters. The molecule has 0 saturated carbocycles. The number of rotatable bonds is 2. The van der Waals surface area contributed by atoms with Crippen LogP contribution in [-0.2, 0) is 5.54 Å². The van der Waals surface area contributed by atoms with Gasteiger partial charge in [0.05, 0.1) is 7.11 Å². The SMILES string of the molecule is COc1cc(C2(C)CCCN2)c(F)c(O)c1F. The average Bonchev–Trinajstić information content (AvgIpc) is 2.74. The van der Waals surface area contributed by atoms with Gasteiger partial charge in [-0.05, 0) is 32.4 Å². The maximum atomic E-state index is 13.9. The molecule has 5 heteroatoms. The number of phenolic OH excluding ortho intramolecular Hbond substituents is 1. The van der Waals surface area contributed by atoms with Gasteiger partial charge >= 0.3 is 0 Å². The van der Waals surface area contributed by atoms with Crippen molar-refractivity contribution >= 4 is 0 Å². The van der Waals surface area contributed by atoms with Gasteiger partial charge in [-0.3, -0.25) is 0 Å². The van der Waals surface area contributed by atoms with Crippen LogP contribution in [0.3, 0.4) is 0 Å². The van der Waals surface area contributed by atoms with Crippen LogP contribution >= 0.6 is 0 Å². The highest BCUT2D eigenvalue weighted by Crippen LogP contribution is 2.39. The van der Waals surface area contributed by atoms with Crippen LogP contribution in [0.25, 0.3) is 0 Å². The quantitative estimate of drug-likeness (QED) is 0.837. The molecule has 1 heterocycles. The van der Waals surface area contributed by atoms with Crippen LogP contribution < -0.4 is 10.1 Å². The van der Waals surface area contributed by atoms with Gasteiger partial charge in [0.25, 0.3) is 0 Å². The maximum absolute atomic E-state index is 13.9. The summed E-state index contributed by atoms with van der Waals surface area (Å²) in [6, 6.07) is 1.31. The Kier molecular flexibility index (Phi) is 2.95. The Morgan fingerprint density at radius 2 is 2.12 bits per heavy atom. The minimum Gasteiger partial charge on any atom is -0.503 e. The molecule has 2 rings (SSSR count). The summed E-state index contributed by atoms with van der Waals surface area (Å²) in [6.45, 7) is 2.60. The van der Waals surface area contributed by atoms with Crippen LogP contribution in [-0.4, -0.2) is 18.8 Å².